The van der Waals surface area contributed by atoms with Crippen molar-refractivity contribution in [1.82, 2.24) is 15.0 Å². The molecule has 0 atom stereocenters. The number of nitrogens with one attached hydrogen (secondary N) is 1. The lowest BCUT2D eigenvalue weighted by atomic mass is 10.3. The van der Waals surface area contributed by atoms with Gasteiger partial charge in [-0.25, -0.2) is 4.68 Å². The fourth-order valence-corrected chi connectivity index (χ4v) is 3.75. The molecular weight excluding hydrogens is 388 g/mol. The topological polar surface area (TPSA) is 76.9 Å². The number of nitrogens with zero attached hydrogens (tertiary/aromatic N) is 3. The summed E-state index contributed by atoms with van der Waals surface area (Å²) < 4.78 is 29.0. The monoisotopic (exact) mass is 394 g/mol. The average molecular weight is 396 g/mol. The Hall–Kier alpha value is -0.930. The first kappa shape index (κ1) is 13.5. The van der Waals surface area contributed by atoms with E-state index in [2.05, 4.69) is 46.9 Å². The molecular formula is C9H8Br2N4O2S. The van der Waals surface area contributed by atoms with E-state index in [-0.39, 0.29) is 9.63 Å². The van der Waals surface area contributed by atoms with Gasteiger partial charge in [0.15, 0.2) is 4.60 Å². The highest BCUT2D eigenvalue weighted by Gasteiger charge is 2.23. The molecule has 0 bridgehead atoms. The van der Waals surface area contributed by atoms with Crippen LogP contribution in [-0.2, 0) is 17.1 Å². The maximum absolute atomic E-state index is 12.1. The molecule has 2 rings (SSSR count). The highest BCUT2D eigenvalue weighted by atomic mass is 79.9. The fraction of sp³-hybridized carbons (Fsp3) is 0.111. The lowest BCUT2D eigenvalue weighted by molar-refractivity contribution is 0.578. The van der Waals surface area contributed by atoms with Crippen LogP contribution in [0.3, 0.4) is 0 Å². The minimum atomic E-state index is -3.72. The second kappa shape index (κ2) is 4.98. The molecule has 18 heavy (non-hydrogen) atoms. The summed E-state index contributed by atoms with van der Waals surface area (Å²) in [6.45, 7) is 0. The minimum absolute atomic E-state index is 0.0228. The predicted molar refractivity (Wildman–Crippen MR) is 73.7 cm³/mol. The van der Waals surface area contributed by atoms with Crippen molar-refractivity contribution in [3.8, 4) is 0 Å². The van der Waals surface area contributed by atoms with Crippen molar-refractivity contribution < 1.29 is 8.42 Å². The summed E-state index contributed by atoms with van der Waals surface area (Å²) in [7, 11) is -2.21. The molecule has 0 saturated heterocycles. The molecule has 0 saturated carbocycles. The lowest BCUT2D eigenvalue weighted by Gasteiger charge is -2.07. The summed E-state index contributed by atoms with van der Waals surface area (Å²) in [5.41, 5.74) is 0.464. The SMILES string of the molecule is Cn1nnc(Br)c1S(=O)(=O)Nc1ccc(Br)cc1. The van der Waals surface area contributed by atoms with Crippen LogP contribution in [0.1, 0.15) is 0 Å². The predicted octanol–water partition coefficient (Wildman–Crippen LogP) is 2.14. The van der Waals surface area contributed by atoms with Crippen molar-refractivity contribution in [2.24, 2.45) is 7.05 Å². The highest BCUT2D eigenvalue weighted by Crippen LogP contribution is 2.22. The lowest BCUT2D eigenvalue weighted by Crippen LogP contribution is -2.17. The van der Waals surface area contributed by atoms with E-state index in [0.29, 0.717) is 5.69 Å². The van der Waals surface area contributed by atoms with Crippen LogP contribution in [0.4, 0.5) is 5.69 Å². The van der Waals surface area contributed by atoms with E-state index in [0.717, 1.165) is 4.47 Å². The second-order valence-electron chi connectivity index (χ2n) is 3.42. The number of aromatic nitrogens is 3. The first-order chi connectivity index (χ1) is 8.40. The van der Waals surface area contributed by atoms with Crippen LogP contribution in [0.5, 0.6) is 0 Å². The smallest absolute Gasteiger partial charge is 0.278 e. The van der Waals surface area contributed by atoms with Gasteiger partial charge in [0.25, 0.3) is 10.0 Å². The summed E-state index contributed by atoms with van der Waals surface area (Å²) in [5.74, 6) is 0. The molecule has 1 aromatic heterocycles. The zero-order chi connectivity index (χ0) is 13.3. The highest BCUT2D eigenvalue weighted by molar-refractivity contribution is 9.10. The van der Waals surface area contributed by atoms with E-state index < -0.39 is 10.0 Å². The summed E-state index contributed by atoms with van der Waals surface area (Å²) >= 11 is 6.33. The molecule has 1 aromatic carbocycles. The molecule has 96 valence electrons. The summed E-state index contributed by atoms with van der Waals surface area (Å²) in [6.07, 6.45) is 0. The molecule has 0 aliphatic carbocycles. The zero-order valence-corrected chi connectivity index (χ0v) is 13.1. The van der Waals surface area contributed by atoms with Gasteiger partial charge < -0.3 is 0 Å². The Morgan fingerprint density at radius 1 is 1.22 bits per heavy atom. The van der Waals surface area contributed by atoms with Gasteiger partial charge in [0.2, 0.25) is 5.03 Å². The van der Waals surface area contributed by atoms with Crippen LogP contribution in [0.25, 0.3) is 0 Å². The Kier molecular flexibility index (Phi) is 3.74. The van der Waals surface area contributed by atoms with Crippen molar-refractivity contribution in [3.05, 3.63) is 33.3 Å². The Bertz CT molecular complexity index is 647. The van der Waals surface area contributed by atoms with Crippen LogP contribution in [0, 0.1) is 0 Å². The molecule has 0 unspecified atom stereocenters. The van der Waals surface area contributed by atoms with Crippen molar-refractivity contribution in [2.75, 3.05) is 4.72 Å². The second-order valence-corrected chi connectivity index (χ2v) is 6.69. The van der Waals surface area contributed by atoms with Gasteiger partial charge in [0.05, 0.1) is 0 Å². The Balaban J connectivity index is 2.36. The Labute approximate surface area is 121 Å². The normalized spacial score (nSPS) is 11.5. The number of hydrogen-bond acceptors (Lipinski definition) is 4. The maximum atomic E-state index is 12.1. The van der Waals surface area contributed by atoms with Crippen molar-refractivity contribution in [1.29, 1.82) is 0 Å². The van der Waals surface area contributed by atoms with Gasteiger partial charge in [0.1, 0.15) is 0 Å². The Morgan fingerprint density at radius 3 is 2.33 bits per heavy atom. The summed E-state index contributed by atoms with van der Waals surface area (Å²) in [6, 6.07) is 6.79. The molecule has 6 nitrogen and oxygen atoms in total. The number of anilines is 1. The van der Waals surface area contributed by atoms with Gasteiger partial charge >= 0.3 is 0 Å². The number of rotatable bonds is 3. The van der Waals surface area contributed by atoms with E-state index in [9.17, 15) is 8.42 Å². The number of benzene rings is 1. The van der Waals surface area contributed by atoms with Crippen LogP contribution in [-0.4, -0.2) is 23.4 Å². The third-order valence-corrected chi connectivity index (χ3v) is 4.88. The largest absolute Gasteiger partial charge is 0.281 e. The van der Waals surface area contributed by atoms with E-state index >= 15 is 0 Å². The fourth-order valence-electron chi connectivity index (χ4n) is 1.33. The molecule has 0 radical (unpaired) electrons. The molecule has 0 spiro atoms. The molecule has 1 N–H and O–H groups in total. The van der Waals surface area contributed by atoms with Crippen molar-refractivity contribution in [3.63, 3.8) is 0 Å². The average Bonchev–Trinajstić information content (AvgIpc) is 2.62. The zero-order valence-electron chi connectivity index (χ0n) is 9.13. The quantitative estimate of drug-likeness (QED) is 0.863. The van der Waals surface area contributed by atoms with Gasteiger partial charge in [-0.05, 0) is 40.2 Å². The number of halogens is 2. The molecule has 0 aliphatic rings. The van der Waals surface area contributed by atoms with Gasteiger partial charge in [-0.1, -0.05) is 21.1 Å². The van der Waals surface area contributed by atoms with Crippen LogP contribution in [0.15, 0.2) is 38.4 Å². The number of hydrogen-bond donors (Lipinski definition) is 1. The third kappa shape index (κ3) is 2.73. The summed E-state index contributed by atoms with van der Waals surface area (Å²) in [5, 5.41) is 7.25. The maximum Gasteiger partial charge on any atom is 0.281 e. The van der Waals surface area contributed by atoms with Crippen molar-refractivity contribution in [2.45, 2.75) is 5.03 Å². The minimum Gasteiger partial charge on any atom is -0.278 e. The molecule has 9 heteroatoms. The molecule has 1 heterocycles. The molecule has 0 fully saturated rings. The Morgan fingerprint density at radius 2 is 1.83 bits per heavy atom. The van der Waals surface area contributed by atoms with Crippen LogP contribution >= 0.6 is 31.9 Å². The molecule has 0 aliphatic heterocycles. The molecule has 0 amide bonds. The van der Waals surface area contributed by atoms with Crippen LogP contribution < -0.4 is 4.72 Å². The number of sulfonamides is 1. The molecule has 2 aromatic rings. The van der Waals surface area contributed by atoms with Crippen LogP contribution in [0.2, 0.25) is 0 Å². The first-order valence-electron chi connectivity index (χ1n) is 4.74. The third-order valence-electron chi connectivity index (χ3n) is 2.09. The first-order valence-corrected chi connectivity index (χ1v) is 7.80. The van der Waals surface area contributed by atoms with Gasteiger partial charge in [0, 0.05) is 17.2 Å². The van der Waals surface area contributed by atoms with E-state index in [1.165, 1.54) is 11.7 Å². The van der Waals surface area contributed by atoms with Crippen molar-refractivity contribution >= 4 is 47.6 Å². The van der Waals surface area contributed by atoms with E-state index in [1.54, 1.807) is 24.3 Å². The standard InChI is InChI=1S/C9H8Br2N4O2S/c1-15-9(8(11)12-14-15)18(16,17)13-7-4-2-6(10)3-5-7/h2-5,13H,1H3. The number of aryl methyl sites for hydroxylation is 1. The van der Waals surface area contributed by atoms with Gasteiger partial charge in [-0.3, -0.25) is 4.72 Å². The van der Waals surface area contributed by atoms with Gasteiger partial charge in [-0.15, -0.1) is 5.10 Å². The van der Waals surface area contributed by atoms with E-state index in [1.807, 2.05) is 0 Å². The summed E-state index contributed by atoms with van der Waals surface area (Å²) in [4.78, 5) is 0. The van der Waals surface area contributed by atoms with E-state index in [4.69, 9.17) is 0 Å². The van der Waals surface area contributed by atoms with Gasteiger partial charge in [-0.2, -0.15) is 8.42 Å².